The Morgan fingerprint density at radius 1 is 1.35 bits per heavy atom. The summed E-state index contributed by atoms with van der Waals surface area (Å²) in [7, 11) is 0. The van der Waals surface area contributed by atoms with E-state index in [4.69, 9.17) is 4.42 Å². The van der Waals surface area contributed by atoms with Crippen molar-refractivity contribution < 1.29 is 18.9 Å². The second-order valence-electron chi connectivity index (χ2n) is 6.05. The standard InChI is InChI=1S/C16H24BrN3O3/c1-12-5-2-3-9-20(12)10-4-8-18-15(21)11-19-16(22)13-6-7-14(17)23-13/h6-7,12H,2-5,8-11H2,1H3,(H,18,21)(H,19,22)/p+1/t12-/m1/s1. The third-order valence-electron chi connectivity index (χ3n) is 4.29. The van der Waals surface area contributed by atoms with E-state index >= 15 is 0 Å². The fourth-order valence-corrected chi connectivity index (χ4v) is 3.22. The number of likely N-dealkylation sites (tertiary alicyclic amines) is 1. The average Bonchev–Trinajstić information content (AvgIpc) is 2.97. The first-order valence-corrected chi connectivity index (χ1v) is 9.00. The van der Waals surface area contributed by atoms with E-state index in [1.54, 1.807) is 17.0 Å². The zero-order valence-electron chi connectivity index (χ0n) is 13.5. The molecular formula is C16H25BrN3O3+. The van der Waals surface area contributed by atoms with Gasteiger partial charge in [-0.1, -0.05) is 0 Å². The van der Waals surface area contributed by atoms with Crippen LogP contribution in [-0.2, 0) is 4.79 Å². The molecule has 0 radical (unpaired) electrons. The summed E-state index contributed by atoms with van der Waals surface area (Å²) >= 11 is 3.13. The van der Waals surface area contributed by atoms with Crippen LogP contribution in [0.3, 0.4) is 0 Å². The highest BCUT2D eigenvalue weighted by atomic mass is 79.9. The predicted molar refractivity (Wildman–Crippen MR) is 90.4 cm³/mol. The zero-order chi connectivity index (χ0) is 16.7. The van der Waals surface area contributed by atoms with Gasteiger partial charge in [0.1, 0.15) is 0 Å². The van der Waals surface area contributed by atoms with Crippen LogP contribution >= 0.6 is 15.9 Å². The highest BCUT2D eigenvalue weighted by Crippen LogP contribution is 2.13. The number of furan rings is 1. The van der Waals surface area contributed by atoms with Crippen molar-refractivity contribution in [2.75, 3.05) is 26.2 Å². The van der Waals surface area contributed by atoms with E-state index < -0.39 is 5.91 Å². The number of carbonyl (C=O) groups excluding carboxylic acids is 2. The van der Waals surface area contributed by atoms with Gasteiger partial charge in [0.25, 0.3) is 5.91 Å². The van der Waals surface area contributed by atoms with Gasteiger partial charge in [0.05, 0.1) is 25.7 Å². The van der Waals surface area contributed by atoms with Crippen LogP contribution in [0, 0.1) is 0 Å². The van der Waals surface area contributed by atoms with E-state index in [1.807, 2.05) is 0 Å². The number of carbonyl (C=O) groups is 2. The number of quaternary nitrogens is 1. The fourth-order valence-electron chi connectivity index (χ4n) is 2.91. The summed E-state index contributed by atoms with van der Waals surface area (Å²) in [5, 5.41) is 5.38. The Bertz CT molecular complexity index is 532. The number of halogens is 1. The summed E-state index contributed by atoms with van der Waals surface area (Å²) in [6.07, 6.45) is 4.91. The third kappa shape index (κ3) is 5.99. The van der Waals surface area contributed by atoms with Crippen molar-refractivity contribution in [2.24, 2.45) is 0 Å². The molecule has 23 heavy (non-hydrogen) atoms. The van der Waals surface area contributed by atoms with Crippen molar-refractivity contribution in [2.45, 2.75) is 38.6 Å². The van der Waals surface area contributed by atoms with Crippen LogP contribution in [0.15, 0.2) is 21.2 Å². The predicted octanol–water partition coefficient (Wildman–Crippen LogP) is 0.736. The van der Waals surface area contributed by atoms with Crippen LogP contribution in [0.4, 0.5) is 0 Å². The molecule has 1 unspecified atom stereocenters. The molecule has 3 N–H and O–H groups in total. The van der Waals surface area contributed by atoms with Crippen LogP contribution in [0.25, 0.3) is 0 Å². The molecule has 2 amide bonds. The molecule has 0 aromatic carbocycles. The maximum Gasteiger partial charge on any atom is 0.287 e. The lowest BCUT2D eigenvalue weighted by Crippen LogP contribution is -3.16. The molecule has 6 nitrogen and oxygen atoms in total. The Labute approximate surface area is 145 Å². The van der Waals surface area contributed by atoms with Gasteiger partial charge in [-0.05, 0) is 54.2 Å². The van der Waals surface area contributed by atoms with Gasteiger partial charge in [-0.15, -0.1) is 0 Å². The fraction of sp³-hybridized carbons (Fsp3) is 0.625. The Hall–Kier alpha value is -1.34. The van der Waals surface area contributed by atoms with Gasteiger partial charge in [-0.2, -0.15) is 0 Å². The average molecular weight is 387 g/mol. The maximum atomic E-state index is 11.7. The topological polar surface area (TPSA) is 75.8 Å². The SMILES string of the molecule is C[C@@H]1CCCC[NH+]1CCCNC(=O)CNC(=O)c1ccc(Br)o1. The summed E-state index contributed by atoms with van der Waals surface area (Å²) in [5.74, 6) is -0.379. The van der Waals surface area contributed by atoms with Gasteiger partial charge in [0, 0.05) is 13.0 Å². The summed E-state index contributed by atoms with van der Waals surface area (Å²) in [5.41, 5.74) is 0. The molecule has 1 fully saturated rings. The van der Waals surface area contributed by atoms with Gasteiger partial charge in [0.2, 0.25) is 5.91 Å². The monoisotopic (exact) mass is 386 g/mol. The van der Waals surface area contributed by atoms with E-state index in [1.165, 1.54) is 25.8 Å². The lowest BCUT2D eigenvalue weighted by molar-refractivity contribution is -0.928. The maximum absolute atomic E-state index is 11.7. The summed E-state index contributed by atoms with van der Waals surface area (Å²) in [6, 6.07) is 3.92. The van der Waals surface area contributed by atoms with Crippen LogP contribution in [0.2, 0.25) is 0 Å². The highest BCUT2D eigenvalue weighted by molar-refractivity contribution is 9.10. The Balaban J connectivity index is 1.57. The van der Waals surface area contributed by atoms with Crippen molar-refractivity contribution in [3.8, 4) is 0 Å². The molecule has 1 aromatic rings. The summed E-state index contributed by atoms with van der Waals surface area (Å²) in [4.78, 5) is 25.1. The first-order valence-electron chi connectivity index (χ1n) is 8.21. The molecule has 2 rings (SSSR count). The quantitative estimate of drug-likeness (QED) is 0.604. The largest absolute Gasteiger partial charge is 0.444 e. The first kappa shape index (κ1) is 18.0. The van der Waals surface area contributed by atoms with E-state index in [9.17, 15) is 9.59 Å². The lowest BCUT2D eigenvalue weighted by atomic mass is 10.0. The smallest absolute Gasteiger partial charge is 0.287 e. The Kier molecular flexibility index (Phi) is 7.11. The third-order valence-corrected chi connectivity index (χ3v) is 4.71. The van der Waals surface area contributed by atoms with E-state index in [0.29, 0.717) is 11.2 Å². The van der Waals surface area contributed by atoms with Crippen LogP contribution < -0.4 is 15.5 Å². The van der Waals surface area contributed by atoms with E-state index in [2.05, 4.69) is 33.5 Å². The molecule has 2 atom stereocenters. The van der Waals surface area contributed by atoms with Gasteiger partial charge in [-0.25, -0.2) is 0 Å². The molecule has 2 heterocycles. The van der Waals surface area contributed by atoms with E-state index in [0.717, 1.165) is 19.0 Å². The van der Waals surface area contributed by atoms with Gasteiger partial charge >= 0.3 is 0 Å². The molecule has 7 heteroatoms. The molecule has 1 saturated heterocycles. The lowest BCUT2D eigenvalue weighted by Gasteiger charge is -2.30. The van der Waals surface area contributed by atoms with E-state index in [-0.39, 0.29) is 18.2 Å². The van der Waals surface area contributed by atoms with Crippen LogP contribution in [-0.4, -0.2) is 44.0 Å². The number of rotatable bonds is 7. The van der Waals surface area contributed by atoms with Gasteiger partial charge in [0.15, 0.2) is 10.4 Å². The molecule has 1 aliphatic heterocycles. The minimum atomic E-state index is -0.391. The molecular weight excluding hydrogens is 362 g/mol. The molecule has 0 aliphatic carbocycles. The number of piperidine rings is 1. The van der Waals surface area contributed by atoms with Crippen molar-refractivity contribution >= 4 is 27.7 Å². The van der Waals surface area contributed by atoms with Gasteiger partial charge in [-0.3, -0.25) is 9.59 Å². The van der Waals surface area contributed by atoms with Crippen LogP contribution in [0.1, 0.15) is 43.2 Å². The molecule has 1 aliphatic rings. The van der Waals surface area contributed by atoms with Crippen molar-refractivity contribution in [3.05, 3.63) is 22.6 Å². The molecule has 128 valence electrons. The second-order valence-corrected chi connectivity index (χ2v) is 6.83. The Morgan fingerprint density at radius 2 is 2.17 bits per heavy atom. The molecule has 0 saturated carbocycles. The number of amides is 2. The second kappa shape index (κ2) is 9.08. The van der Waals surface area contributed by atoms with Crippen molar-refractivity contribution in [3.63, 3.8) is 0 Å². The number of hydrogen-bond acceptors (Lipinski definition) is 3. The minimum absolute atomic E-state index is 0.0376. The van der Waals surface area contributed by atoms with Gasteiger partial charge < -0.3 is 20.0 Å². The first-order chi connectivity index (χ1) is 11.1. The number of hydrogen-bond donors (Lipinski definition) is 3. The molecule has 0 bridgehead atoms. The minimum Gasteiger partial charge on any atom is -0.444 e. The normalized spacial score (nSPS) is 21.0. The van der Waals surface area contributed by atoms with Crippen molar-refractivity contribution in [1.82, 2.24) is 10.6 Å². The molecule has 0 spiro atoms. The van der Waals surface area contributed by atoms with Crippen molar-refractivity contribution in [1.29, 1.82) is 0 Å². The summed E-state index contributed by atoms with van der Waals surface area (Å²) < 4.78 is 5.61. The number of nitrogens with one attached hydrogen (secondary N) is 3. The molecule has 1 aromatic heterocycles. The Morgan fingerprint density at radius 3 is 2.87 bits per heavy atom. The zero-order valence-corrected chi connectivity index (χ0v) is 15.1. The summed E-state index contributed by atoms with van der Waals surface area (Å²) in [6.45, 7) is 5.25. The van der Waals surface area contributed by atoms with Crippen LogP contribution in [0.5, 0.6) is 0 Å². The highest BCUT2D eigenvalue weighted by Gasteiger charge is 2.20.